The fraction of sp³-hybridized carbons (Fsp3) is 0.417. The van der Waals surface area contributed by atoms with Crippen LogP contribution in [-0.2, 0) is 27.0 Å². The molecule has 0 bridgehead atoms. The van der Waals surface area contributed by atoms with Crippen molar-refractivity contribution in [2.75, 3.05) is 6.29 Å². The number of benzene rings is 2. The van der Waals surface area contributed by atoms with E-state index < -0.39 is 32.0 Å². The summed E-state index contributed by atoms with van der Waals surface area (Å²) in [5, 5.41) is 17.7. The monoisotopic (exact) mass is 475 g/mol. The van der Waals surface area contributed by atoms with Crippen molar-refractivity contribution in [2.24, 2.45) is 5.92 Å². The Morgan fingerprint density at radius 3 is 2.09 bits per heavy atom. The van der Waals surface area contributed by atoms with Crippen LogP contribution in [0.5, 0.6) is 0 Å². The van der Waals surface area contributed by atoms with Crippen LogP contribution < -0.4 is 15.7 Å². The van der Waals surface area contributed by atoms with Gasteiger partial charge in [-0.1, -0.05) is 74.5 Å². The Bertz CT molecular complexity index is 924. The Balaban J connectivity index is 1.98. The topological polar surface area (TPSA) is 128 Å². The predicted molar refractivity (Wildman–Crippen MR) is 129 cm³/mol. The van der Waals surface area contributed by atoms with E-state index >= 15 is 0 Å². The minimum Gasteiger partial charge on any atom is -0.480 e. The molecule has 3 unspecified atom stereocenters. The lowest BCUT2D eigenvalue weighted by Crippen LogP contribution is -2.51. The minimum absolute atomic E-state index is 0.126. The summed E-state index contributed by atoms with van der Waals surface area (Å²) < 4.78 is 12.8. The molecule has 9 heteroatoms. The molecule has 0 heterocycles. The lowest BCUT2D eigenvalue weighted by Gasteiger charge is -2.27. The van der Waals surface area contributed by atoms with Gasteiger partial charge in [0.1, 0.15) is 12.3 Å². The van der Waals surface area contributed by atoms with Gasteiger partial charge in [-0.05, 0) is 29.9 Å². The Kier molecular flexibility index (Phi) is 10.7. The van der Waals surface area contributed by atoms with Gasteiger partial charge in [0.15, 0.2) is 0 Å². The van der Waals surface area contributed by atoms with Gasteiger partial charge in [0.2, 0.25) is 5.91 Å². The number of aliphatic carboxylic acids is 1. The van der Waals surface area contributed by atoms with Gasteiger partial charge in [-0.15, -0.1) is 0 Å². The van der Waals surface area contributed by atoms with Gasteiger partial charge in [0.05, 0.1) is 6.17 Å². The molecule has 1 amide bonds. The molecule has 0 aliphatic carbocycles. The van der Waals surface area contributed by atoms with Crippen molar-refractivity contribution in [2.45, 2.75) is 51.7 Å². The molecular weight excluding hydrogens is 441 g/mol. The van der Waals surface area contributed by atoms with Crippen molar-refractivity contribution >= 4 is 19.4 Å². The van der Waals surface area contributed by atoms with E-state index in [2.05, 4.69) is 15.7 Å². The lowest BCUT2D eigenvalue weighted by atomic mass is 10.0. The number of amides is 1. The average Bonchev–Trinajstić information content (AvgIpc) is 2.76. The second-order valence-electron chi connectivity index (χ2n) is 8.50. The molecule has 0 saturated carbocycles. The maximum absolute atomic E-state index is 12.8. The van der Waals surface area contributed by atoms with Crippen molar-refractivity contribution in [1.29, 1.82) is 0 Å². The zero-order chi connectivity index (χ0) is 24.3. The summed E-state index contributed by atoms with van der Waals surface area (Å²) in [4.78, 5) is 34.4. The normalized spacial score (nSPS) is 14.9. The molecule has 2 aromatic rings. The SMILES string of the molecule is CC(C)CC(NC(Cc1ccccc1)NP(=O)(O)CNC(=O)CCc1ccccc1)C(=O)O. The third-order valence-electron chi connectivity index (χ3n) is 5.02. The van der Waals surface area contributed by atoms with Gasteiger partial charge in [-0.2, -0.15) is 0 Å². The molecule has 0 saturated heterocycles. The molecule has 180 valence electrons. The van der Waals surface area contributed by atoms with Crippen LogP contribution in [0.4, 0.5) is 0 Å². The summed E-state index contributed by atoms with van der Waals surface area (Å²) in [6.45, 7) is 3.83. The van der Waals surface area contributed by atoms with Gasteiger partial charge >= 0.3 is 5.97 Å². The van der Waals surface area contributed by atoms with Crippen LogP contribution in [0.2, 0.25) is 0 Å². The number of carboxylic acids is 1. The van der Waals surface area contributed by atoms with E-state index in [4.69, 9.17) is 0 Å². The van der Waals surface area contributed by atoms with Crippen molar-refractivity contribution in [3.63, 3.8) is 0 Å². The third kappa shape index (κ3) is 10.8. The summed E-state index contributed by atoms with van der Waals surface area (Å²) in [6.07, 6.45) is 0.178. The Hall–Kier alpha value is -2.51. The molecule has 0 fully saturated rings. The molecule has 2 aromatic carbocycles. The number of carbonyl (C=O) groups is 2. The highest BCUT2D eigenvalue weighted by Crippen LogP contribution is 2.34. The van der Waals surface area contributed by atoms with Crippen molar-refractivity contribution in [3.8, 4) is 0 Å². The highest BCUT2D eigenvalue weighted by Gasteiger charge is 2.28. The number of carbonyl (C=O) groups excluding carboxylic acids is 1. The average molecular weight is 476 g/mol. The summed E-state index contributed by atoms with van der Waals surface area (Å²) in [7, 11) is -3.99. The fourth-order valence-corrected chi connectivity index (χ4v) is 4.56. The van der Waals surface area contributed by atoms with E-state index in [1.165, 1.54) is 0 Å². The van der Waals surface area contributed by atoms with E-state index in [9.17, 15) is 24.2 Å². The first-order valence-corrected chi connectivity index (χ1v) is 12.9. The fourth-order valence-electron chi connectivity index (χ4n) is 3.42. The molecule has 33 heavy (non-hydrogen) atoms. The van der Waals surface area contributed by atoms with Crippen LogP contribution in [0.1, 0.15) is 37.8 Å². The summed E-state index contributed by atoms with van der Waals surface area (Å²) in [5.41, 5.74) is 1.89. The highest BCUT2D eigenvalue weighted by atomic mass is 31.2. The van der Waals surface area contributed by atoms with Crippen LogP contribution in [0, 0.1) is 5.92 Å². The number of hydrogen-bond donors (Lipinski definition) is 5. The van der Waals surface area contributed by atoms with E-state index in [1.54, 1.807) is 0 Å². The number of carboxylic acid groups (broad SMARTS) is 1. The maximum atomic E-state index is 12.8. The molecule has 0 aliphatic rings. The number of rotatable bonds is 14. The molecule has 2 rings (SSSR count). The number of nitrogens with one attached hydrogen (secondary N) is 3. The molecule has 5 N–H and O–H groups in total. The zero-order valence-corrected chi connectivity index (χ0v) is 20.0. The van der Waals surface area contributed by atoms with Gasteiger partial charge in [-0.25, -0.2) is 5.09 Å². The second kappa shape index (κ2) is 13.3. The first-order valence-electron chi connectivity index (χ1n) is 11.1. The van der Waals surface area contributed by atoms with E-state index in [1.807, 2.05) is 74.5 Å². The van der Waals surface area contributed by atoms with Gasteiger partial charge in [0.25, 0.3) is 7.52 Å². The zero-order valence-electron chi connectivity index (χ0n) is 19.1. The second-order valence-corrected chi connectivity index (χ2v) is 10.5. The smallest absolute Gasteiger partial charge is 0.320 e. The van der Waals surface area contributed by atoms with Gasteiger partial charge < -0.3 is 15.3 Å². The van der Waals surface area contributed by atoms with Crippen LogP contribution >= 0.6 is 7.52 Å². The molecule has 3 atom stereocenters. The molecule has 0 spiro atoms. The van der Waals surface area contributed by atoms with Crippen molar-refractivity contribution < 1.29 is 24.2 Å². The standard InChI is InChI=1S/C24H34N3O5P/c1-18(2)15-21(24(29)30)26-22(16-20-11-7-4-8-12-20)27-33(31,32)17-25-23(28)14-13-19-9-5-3-6-10-19/h3-12,18,21-22,26H,13-17H2,1-2H3,(H,25,28)(H,29,30)(H2,27,31,32). The quantitative estimate of drug-likeness (QED) is 0.210. The third-order valence-corrected chi connectivity index (χ3v) is 6.32. The maximum Gasteiger partial charge on any atom is 0.320 e. The summed E-state index contributed by atoms with van der Waals surface area (Å²) in [5.74, 6) is -1.22. The first-order chi connectivity index (χ1) is 15.6. The molecule has 0 radical (unpaired) electrons. The van der Waals surface area contributed by atoms with Crippen molar-refractivity contribution in [3.05, 3.63) is 71.8 Å². The highest BCUT2D eigenvalue weighted by molar-refractivity contribution is 7.55. The first kappa shape index (κ1) is 26.7. The largest absolute Gasteiger partial charge is 0.480 e. The summed E-state index contributed by atoms with van der Waals surface area (Å²) >= 11 is 0. The molecule has 0 aliphatic heterocycles. The van der Waals surface area contributed by atoms with Gasteiger partial charge in [0, 0.05) is 12.8 Å². The van der Waals surface area contributed by atoms with Crippen molar-refractivity contribution in [1.82, 2.24) is 15.7 Å². The van der Waals surface area contributed by atoms with E-state index in [0.717, 1.165) is 11.1 Å². The lowest BCUT2D eigenvalue weighted by molar-refractivity contribution is -0.140. The molecule has 0 aromatic heterocycles. The molecule has 8 nitrogen and oxygen atoms in total. The van der Waals surface area contributed by atoms with Crippen LogP contribution in [0.25, 0.3) is 0 Å². The summed E-state index contributed by atoms with van der Waals surface area (Å²) in [6, 6.07) is 17.9. The predicted octanol–water partition coefficient (Wildman–Crippen LogP) is 3.13. The van der Waals surface area contributed by atoms with E-state index in [0.29, 0.717) is 19.3 Å². The van der Waals surface area contributed by atoms with Gasteiger partial charge in [-0.3, -0.25) is 19.5 Å². The number of aryl methyl sites for hydroxylation is 1. The minimum atomic E-state index is -3.99. The Labute approximate surface area is 195 Å². The van der Waals surface area contributed by atoms with Crippen LogP contribution in [0.15, 0.2) is 60.7 Å². The van der Waals surface area contributed by atoms with E-state index in [-0.39, 0.29) is 18.2 Å². The van der Waals surface area contributed by atoms with Crippen LogP contribution in [0.3, 0.4) is 0 Å². The van der Waals surface area contributed by atoms with Crippen LogP contribution in [-0.4, -0.2) is 40.4 Å². The molecular formula is C24H34N3O5P. The Morgan fingerprint density at radius 2 is 1.55 bits per heavy atom. The number of hydrogen-bond acceptors (Lipinski definition) is 4. The Morgan fingerprint density at radius 1 is 0.970 bits per heavy atom.